The number of rotatable bonds is 5. The normalized spacial score (nSPS) is 14.4. The first-order chi connectivity index (χ1) is 17.8. The molecule has 4 heterocycles. The third-order valence-corrected chi connectivity index (χ3v) is 5.44. The maximum absolute atomic E-state index is 10.6. The molecule has 0 spiro atoms. The first-order valence-corrected chi connectivity index (χ1v) is 11.7. The summed E-state index contributed by atoms with van der Waals surface area (Å²) in [5, 5.41) is 28.1. The van der Waals surface area contributed by atoms with Crippen LogP contribution in [0.1, 0.15) is 39.3 Å². The monoisotopic (exact) mass is 539 g/mol. The van der Waals surface area contributed by atoms with Crippen LogP contribution < -0.4 is 15.8 Å². The summed E-state index contributed by atoms with van der Waals surface area (Å²) in [5.41, 5.74) is 6.87. The molecule has 1 saturated heterocycles. The Morgan fingerprint density at radius 2 is 1.97 bits per heavy atom. The van der Waals surface area contributed by atoms with Crippen LogP contribution in [0.5, 0.6) is 5.75 Å². The molecule has 0 aliphatic carbocycles. The van der Waals surface area contributed by atoms with Gasteiger partial charge in [0.1, 0.15) is 22.3 Å². The van der Waals surface area contributed by atoms with Gasteiger partial charge in [0.25, 0.3) is 0 Å². The quantitative estimate of drug-likeness (QED) is 0.350. The second kappa shape index (κ2) is 11.7. The molecular weight excluding hydrogens is 511 g/mol. The number of pyridine rings is 1. The molecule has 0 saturated carbocycles. The number of hydrogen-bond acceptors (Lipinski definition) is 10. The molecule has 0 amide bonds. The zero-order valence-corrected chi connectivity index (χ0v) is 21.0. The van der Waals surface area contributed by atoms with Gasteiger partial charge in [-0.1, -0.05) is 5.92 Å². The van der Waals surface area contributed by atoms with Crippen LogP contribution in [0.3, 0.4) is 0 Å². The number of ether oxygens (including phenoxy) is 1. The molecule has 1 aliphatic heterocycles. The minimum atomic E-state index is -5.08. The number of carboxylic acids is 1. The number of nitrogen functional groups attached to an aromatic ring is 1. The standard InChI is InChI=1S/C21H27N7O3.C2HF3O2/c1-4-28-18-15(30-12-13-6-9-23-10-7-13)11-24-14(5-8-21(2,3)29)16(18)25-20(28)17-19(22)27-31-26-17;3-2(4,5)1(6)7/h11,13,23,29H,4,6-7,9-10,12H2,1-3H3,(H2,22,27);(H,6,7). The predicted molar refractivity (Wildman–Crippen MR) is 129 cm³/mol. The summed E-state index contributed by atoms with van der Waals surface area (Å²) < 4.78 is 44.7. The molecule has 3 aromatic heterocycles. The average molecular weight is 540 g/mol. The third kappa shape index (κ3) is 7.11. The van der Waals surface area contributed by atoms with Crippen LogP contribution in [-0.4, -0.2) is 72.5 Å². The van der Waals surface area contributed by atoms with Crippen LogP contribution >= 0.6 is 0 Å². The van der Waals surface area contributed by atoms with Crippen molar-refractivity contribution in [3.8, 4) is 29.1 Å². The van der Waals surface area contributed by atoms with Gasteiger partial charge in [-0.3, -0.25) is 0 Å². The Kier molecular flexibility index (Phi) is 8.79. The van der Waals surface area contributed by atoms with Gasteiger partial charge in [-0.15, -0.1) is 0 Å². The Morgan fingerprint density at radius 1 is 1.32 bits per heavy atom. The van der Waals surface area contributed by atoms with Crippen molar-refractivity contribution in [1.82, 2.24) is 30.2 Å². The van der Waals surface area contributed by atoms with E-state index in [1.54, 1.807) is 20.0 Å². The molecule has 0 unspecified atom stereocenters. The molecule has 12 nitrogen and oxygen atoms in total. The maximum atomic E-state index is 10.6. The average Bonchev–Trinajstić information content (AvgIpc) is 3.44. The summed E-state index contributed by atoms with van der Waals surface area (Å²) in [5.74, 6) is 4.75. The molecule has 206 valence electrons. The number of nitrogens with two attached hydrogens (primary N) is 1. The summed E-state index contributed by atoms with van der Waals surface area (Å²) >= 11 is 0. The van der Waals surface area contributed by atoms with Crippen molar-refractivity contribution in [2.24, 2.45) is 5.92 Å². The van der Waals surface area contributed by atoms with Gasteiger partial charge in [-0.05, 0) is 68.9 Å². The van der Waals surface area contributed by atoms with E-state index in [1.807, 2.05) is 11.5 Å². The molecule has 0 aromatic carbocycles. The van der Waals surface area contributed by atoms with Crippen molar-refractivity contribution < 1.29 is 37.5 Å². The number of aliphatic hydroxyl groups is 1. The SMILES string of the molecule is CCn1c(-c2nonc2N)nc2c(C#CC(C)(C)O)ncc(OCC3CCNCC3)c21.O=C(O)C(F)(F)F. The van der Waals surface area contributed by atoms with E-state index in [1.165, 1.54) is 0 Å². The molecule has 4 rings (SSSR count). The van der Waals surface area contributed by atoms with Crippen molar-refractivity contribution in [3.05, 3.63) is 11.9 Å². The van der Waals surface area contributed by atoms with Gasteiger partial charge < -0.3 is 30.6 Å². The molecule has 0 bridgehead atoms. The van der Waals surface area contributed by atoms with Crippen LogP contribution in [-0.2, 0) is 11.3 Å². The largest absolute Gasteiger partial charge is 0.490 e. The lowest BCUT2D eigenvalue weighted by Crippen LogP contribution is -2.30. The summed E-state index contributed by atoms with van der Waals surface area (Å²) in [6.07, 6.45) is -1.27. The minimum Gasteiger partial charge on any atom is -0.489 e. The van der Waals surface area contributed by atoms with Crippen molar-refractivity contribution in [2.75, 3.05) is 25.4 Å². The number of fused-ring (bicyclic) bond motifs is 1. The van der Waals surface area contributed by atoms with Crippen LogP contribution in [0.25, 0.3) is 22.6 Å². The van der Waals surface area contributed by atoms with E-state index < -0.39 is 17.7 Å². The number of imidazole rings is 1. The molecule has 5 N–H and O–H groups in total. The fourth-order valence-electron chi connectivity index (χ4n) is 3.62. The van der Waals surface area contributed by atoms with E-state index in [4.69, 9.17) is 30.0 Å². The summed E-state index contributed by atoms with van der Waals surface area (Å²) in [6, 6.07) is 0. The second-order valence-corrected chi connectivity index (χ2v) is 8.96. The van der Waals surface area contributed by atoms with Crippen molar-refractivity contribution in [1.29, 1.82) is 0 Å². The van der Waals surface area contributed by atoms with E-state index in [9.17, 15) is 18.3 Å². The lowest BCUT2D eigenvalue weighted by molar-refractivity contribution is -0.192. The molecule has 0 atom stereocenters. The topological polar surface area (TPSA) is 174 Å². The highest BCUT2D eigenvalue weighted by Crippen LogP contribution is 2.33. The Labute approximate surface area is 215 Å². The van der Waals surface area contributed by atoms with Crippen LogP contribution in [0.15, 0.2) is 10.8 Å². The molecule has 0 radical (unpaired) electrons. The molecule has 38 heavy (non-hydrogen) atoms. The predicted octanol–water partition coefficient (Wildman–Crippen LogP) is 2.22. The maximum Gasteiger partial charge on any atom is 0.490 e. The molecular formula is C23H28F3N7O5. The van der Waals surface area contributed by atoms with Crippen molar-refractivity contribution in [2.45, 2.75) is 51.9 Å². The number of halogens is 3. The number of aliphatic carboxylic acids is 1. The number of hydrogen-bond donors (Lipinski definition) is 4. The minimum absolute atomic E-state index is 0.152. The number of carboxylic acid groups (broad SMARTS) is 1. The second-order valence-electron chi connectivity index (χ2n) is 8.96. The highest BCUT2D eigenvalue weighted by Gasteiger charge is 2.38. The first-order valence-electron chi connectivity index (χ1n) is 11.7. The number of alkyl halides is 3. The zero-order chi connectivity index (χ0) is 28.1. The fraction of sp³-hybridized carbons (Fsp3) is 0.522. The first kappa shape index (κ1) is 28.7. The van der Waals surface area contributed by atoms with E-state index in [2.05, 4.69) is 32.5 Å². The fourth-order valence-corrected chi connectivity index (χ4v) is 3.62. The summed E-state index contributed by atoms with van der Waals surface area (Å²) in [4.78, 5) is 18.1. The van der Waals surface area contributed by atoms with Crippen LogP contribution in [0.4, 0.5) is 19.0 Å². The third-order valence-electron chi connectivity index (χ3n) is 5.44. The Morgan fingerprint density at radius 3 is 2.50 bits per heavy atom. The van der Waals surface area contributed by atoms with E-state index >= 15 is 0 Å². The van der Waals surface area contributed by atoms with Gasteiger partial charge in [-0.25, -0.2) is 19.4 Å². The number of aromatic nitrogens is 5. The van der Waals surface area contributed by atoms with Crippen LogP contribution in [0, 0.1) is 17.8 Å². The molecule has 1 aliphatic rings. The van der Waals surface area contributed by atoms with Gasteiger partial charge in [0.15, 0.2) is 23.1 Å². The van der Waals surface area contributed by atoms with Crippen LogP contribution in [0.2, 0.25) is 0 Å². The van der Waals surface area contributed by atoms with Gasteiger partial charge >= 0.3 is 12.1 Å². The Bertz CT molecular complexity index is 1330. The summed E-state index contributed by atoms with van der Waals surface area (Å²) in [6.45, 7) is 8.42. The number of piperidine rings is 1. The number of aryl methyl sites for hydroxylation is 1. The van der Waals surface area contributed by atoms with Gasteiger partial charge in [0.2, 0.25) is 0 Å². The number of anilines is 1. The highest BCUT2D eigenvalue weighted by atomic mass is 19.4. The van der Waals surface area contributed by atoms with E-state index in [-0.39, 0.29) is 5.82 Å². The lowest BCUT2D eigenvalue weighted by atomic mass is 9.99. The number of nitrogens with one attached hydrogen (secondary N) is 1. The van der Waals surface area contributed by atoms with Gasteiger partial charge in [-0.2, -0.15) is 13.2 Å². The van der Waals surface area contributed by atoms with E-state index in [0.29, 0.717) is 47.5 Å². The highest BCUT2D eigenvalue weighted by molar-refractivity contribution is 5.89. The van der Waals surface area contributed by atoms with Gasteiger partial charge in [0.05, 0.1) is 12.8 Å². The Hall–Kier alpha value is -3.90. The lowest BCUT2D eigenvalue weighted by Gasteiger charge is -2.22. The molecule has 15 heteroatoms. The summed E-state index contributed by atoms with van der Waals surface area (Å²) in [7, 11) is 0. The van der Waals surface area contributed by atoms with E-state index in [0.717, 1.165) is 31.4 Å². The number of nitrogens with zero attached hydrogens (tertiary/aromatic N) is 5. The van der Waals surface area contributed by atoms with Gasteiger partial charge in [0, 0.05) is 6.54 Å². The smallest absolute Gasteiger partial charge is 0.489 e. The molecule has 1 fully saturated rings. The molecule has 3 aromatic rings. The Balaban J connectivity index is 0.000000505. The van der Waals surface area contributed by atoms with Crippen molar-refractivity contribution in [3.63, 3.8) is 0 Å². The number of carbonyl (C=O) groups is 1. The zero-order valence-electron chi connectivity index (χ0n) is 21.0. The van der Waals surface area contributed by atoms with Crippen molar-refractivity contribution >= 4 is 22.8 Å².